The summed E-state index contributed by atoms with van der Waals surface area (Å²) in [4.78, 5) is 24.2. The van der Waals surface area contributed by atoms with Crippen LogP contribution in [-0.2, 0) is 6.42 Å². The van der Waals surface area contributed by atoms with Gasteiger partial charge in [0.25, 0.3) is 0 Å². The Bertz CT molecular complexity index is 822. The van der Waals surface area contributed by atoms with Gasteiger partial charge in [0.05, 0.1) is 4.92 Å². The van der Waals surface area contributed by atoms with Gasteiger partial charge in [0.1, 0.15) is 6.33 Å². The zero-order valence-electron chi connectivity index (χ0n) is 15.3. The molecule has 0 radical (unpaired) electrons. The van der Waals surface area contributed by atoms with Crippen molar-refractivity contribution in [2.24, 2.45) is 0 Å². The molecule has 1 aromatic heterocycles. The van der Waals surface area contributed by atoms with Crippen molar-refractivity contribution in [1.82, 2.24) is 14.9 Å². The summed E-state index contributed by atoms with van der Waals surface area (Å²) in [5.41, 5.74) is 2.12. The Labute approximate surface area is 158 Å². The molecule has 4 rings (SSSR count). The number of fused-ring (bicyclic) bond motifs is 1. The summed E-state index contributed by atoms with van der Waals surface area (Å²) in [6, 6.07) is 7.98. The number of benzene rings is 1. The first-order chi connectivity index (χ1) is 13.2. The molecule has 3 heterocycles. The van der Waals surface area contributed by atoms with Crippen molar-refractivity contribution in [3.8, 4) is 0 Å². The fourth-order valence-electron chi connectivity index (χ4n) is 3.94. The van der Waals surface area contributed by atoms with Crippen LogP contribution in [0.4, 0.5) is 23.0 Å². The van der Waals surface area contributed by atoms with Crippen molar-refractivity contribution < 1.29 is 4.92 Å². The van der Waals surface area contributed by atoms with E-state index in [0.717, 1.165) is 31.7 Å². The number of anilines is 3. The Morgan fingerprint density at radius 3 is 2.74 bits per heavy atom. The summed E-state index contributed by atoms with van der Waals surface area (Å²) in [5, 5.41) is 15.0. The lowest BCUT2D eigenvalue weighted by Gasteiger charge is -2.26. The van der Waals surface area contributed by atoms with Crippen molar-refractivity contribution in [2.75, 3.05) is 42.9 Å². The SMILES string of the molecule is O=[N+]([O-])c1c(NCCN2CCCCC2)ncnc1N1CCc2ccccc21. The van der Waals surface area contributed by atoms with Gasteiger partial charge in [-0.2, -0.15) is 0 Å². The van der Waals surface area contributed by atoms with E-state index in [4.69, 9.17) is 0 Å². The third-order valence-corrected chi connectivity index (χ3v) is 5.30. The first-order valence-corrected chi connectivity index (χ1v) is 9.55. The van der Waals surface area contributed by atoms with Crippen LogP contribution in [-0.4, -0.2) is 52.5 Å². The van der Waals surface area contributed by atoms with E-state index in [1.54, 1.807) is 0 Å². The van der Waals surface area contributed by atoms with Crippen LogP contribution in [0.15, 0.2) is 30.6 Å². The molecule has 2 aromatic rings. The van der Waals surface area contributed by atoms with Gasteiger partial charge < -0.3 is 15.1 Å². The van der Waals surface area contributed by atoms with Crippen molar-refractivity contribution in [3.63, 3.8) is 0 Å². The molecule has 1 fully saturated rings. The van der Waals surface area contributed by atoms with E-state index in [1.807, 2.05) is 23.1 Å². The lowest BCUT2D eigenvalue weighted by Crippen LogP contribution is -2.33. The van der Waals surface area contributed by atoms with Crippen LogP contribution in [0.2, 0.25) is 0 Å². The maximum Gasteiger partial charge on any atom is 0.353 e. The summed E-state index contributed by atoms with van der Waals surface area (Å²) >= 11 is 0. The Morgan fingerprint density at radius 2 is 1.93 bits per heavy atom. The van der Waals surface area contributed by atoms with E-state index in [0.29, 0.717) is 24.7 Å². The number of rotatable bonds is 6. The second-order valence-electron chi connectivity index (χ2n) is 7.01. The van der Waals surface area contributed by atoms with Gasteiger partial charge in [-0.1, -0.05) is 24.6 Å². The standard InChI is InChI=1S/C19H24N6O2/c26-25(27)17-18(20-9-13-23-10-4-1-5-11-23)21-14-22-19(17)24-12-8-15-6-2-3-7-16(15)24/h2-3,6-7,14H,1,4-5,8-13H2,(H,20,21,22). The van der Waals surface area contributed by atoms with Gasteiger partial charge in [0.15, 0.2) is 0 Å². The summed E-state index contributed by atoms with van der Waals surface area (Å²) in [7, 11) is 0. The second-order valence-corrected chi connectivity index (χ2v) is 7.01. The Hall–Kier alpha value is -2.74. The molecule has 2 aliphatic heterocycles. The number of nitro groups is 1. The third kappa shape index (κ3) is 3.71. The molecule has 0 aliphatic carbocycles. The molecule has 0 atom stereocenters. The third-order valence-electron chi connectivity index (χ3n) is 5.30. The first-order valence-electron chi connectivity index (χ1n) is 9.55. The zero-order valence-corrected chi connectivity index (χ0v) is 15.3. The molecule has 142 valence electrons. The average Bonchev–Trinajstić information content (AvgIpc) is 3.12. The molecule has 0 spiro atoms. The van der Waals surface area contributed by atoms with Crippen LogP contribution in [0, 0.1) is 10.1 Å². The molecule has 0 unspecified atom stereocenters. The largest absolute Gasteiger partial charge is 0.363 e. The van der Waals surface area contributed by atoms with Gasteiger partial charge in [-0.15, -0.1) is 0 Å². The molecule has 1 aromatic carbocycles. The number of piperidine rings is 1. The molecule has 8 nitrogen and oxygen atoms in total. The normalized spacial score (nSPS) is 17.0. The minimum atomic E-state index is -0.376. The van der Waals surface area contributed by atoms with Gasteiger partial charge in [0, 0.05) is 25.3 Å². The minimum absolute atomic E-state index is 0.0483. The van der Waals surface area contributed by atoms with E-state index >= 15 is 0 Å². The smallest absolute Gasteiger partial charge is 0.353 e. The Kier molecular flexibility index (Phi) is 5.15. The predicted octanol–water partition coefficient (Wildman–Crippen LogP) is 2.98. The predicted molar refractivity (Wildman–Crippen MR) is 105 cm³/mol. The van der Waals surface area contributed by atoms with E-state index in [9.17, 15) is 10.1 Å². The molecule has 0 amide bonds. The maximum absolute atomic E-state index is 11.8. The number of para-hydroxylation sites is 1. The van der Waals surface area contributed by atoms with Gasteiger partial charge in [-0.3, -0.25) is 10.1 Å². The van der Waals surface area contributed by atoms with Crippen molar-refractivity contribution in [1.29, 1.82) is 0 Å². The van der Waals surface area contributed by atoms with Crippen LogP contribution in [0.3, 0.4) is 0 Å². The number of aromatic nitrogens is 2. The Morgan fingerprint density at radius 1 is 1.11 bits per heavy atom. The van der Waals surface area contributed by atoms with E-state index in [2.05, 4.69) is 26.3 Å². The number of likely N-dealkylation sites (tertiary alicyclic amines) is 1. The number of nitrogens with one attached hydrogen (secondary N) is 1. The van der Waals surface area contributed by atoms with Crippen LogP contribution in [0.1, 0.15) is 24.8 Å². The Balaban J connectivity index is 1.55. The molecule has 2 aliphatic rings. The quantitative estimate of drug-likeness (QED) is 0.619. The highest BCUT2D eigenvalue weighted by Gasteiger charge is 2.31. The molecule has 1 saturated heterocycles. The van der Waals surface area contributed by atoms with Crippen LogP contribution >= 0.6 is 0 Å². The number of hydrogen-bond donors (Lipinski definition) is 1. The summed E-state index contributed by atoms with van der Waals surface area (Å²) in [6.07, 6.45) is 6.02. The zero-order chi connectivity index (χ0) is 18.6. The van der Waals surface area contributed by atoms with Crippen molar-refractivity contribution >= 4 is 23.0 Å². The minimum Gasteiger partial charge on any atom is -0.363 e. The highest BCUT2D eigenvalue weighted by atomic mass is 16.6. The fourth-order valence-corrected chi connectivity index (χ4v) is 3.94. The molecule has 1 N–H and O–H groups in total. The molecular weight excluding hydrogens is 344 g/mol. The van der Waals surface area contributed by atoms with Crippen LogP contribution in [0.25, 0.3) is 0 Å². The maximum atomic E-state index is 11.8. The molecular formula is C19H24N6O2. The van der Waals surface area contributed by atoms with Crippen LogP contribution in [0.5, 0.6) is 0 Å². The summed E-state index contributed by atoms with van der Waals surface area (Å²) in [6.45, 7) is 4.38. The number of nitrogens with zero attached hydrogens (tertiary/aromatic N) is 5. The topological polar surface area (TPSA) is 87.4 Å². The van der Waals surface area contributed by atoms with E-state index < -0.39 is 0 Å². The highest BCUT2D eigenvalue weighted by molar-refractivity contribution is 5.78. The van der Waals surface area contributed by atoms with Gasteiger partial charge in [-0.25, -0.2) is 9.97 Å². The second kappa shape index (κ2) is 7.87. The van der Waals surface area contributed by atoms with E-state index in [-0.39, 0.29) is 10.6 Å². The fraction of sp³-hybridized carbons (Fsp3) is 0.474. The summed E-state index contributed by atoms with van der Waals surface area (Å²) < 4.78 is 0. The summed E-state index contributed by atoms with van der Waals surface area (Å²) in [5.74, 6) is 0.659. The molecule has 8 heteroatoms. The highest BCUT2D eigenvalue weighted by Crippen LogP contribution is 2.39. The lowest BCUT2D eigenvalue weighted by atomic mass is 10.1. The lowest BCUT2D eigenvalue weighted by molar-refractivity contribution is -0.383. The van der Waals surface area contributed by atoms with Gasteiger partial charge in [0.2, 0.25) is 11.6 Å². The molecule has 0 saturated carbocycles. The van der Waals surface area contributed by atoms with Gasteiger partial charge in [-0.05, 0) is 44.0 Å². The van der Waals surface area contributed by atoms with Gasteiger partial charge >= 0.3 is 5.69 Å². The number of hydrogen-bond acceptors (Lipinski definition) is 7. The molecule has 0 bridgehead atoms. The van der Waals surface area contributed by atoms with Crippen molar-refractivity contribution in [2.45, 2.75) is 25.7 Å². The van der Waals surface area contributed by atoms with Crippen LogP contribution < -0.4 is 10.2 Å². The van der Waals surface area contributed by atoms with E-state index in [1.165, 1.54) is 31.2 Å². The monoisotopic (exact) mass is 368 g/mol. The first kappa shape index (κ1) is 17.7. The molecule has 27 heavy (non-hydrogen) atoms. The van der Waals surface area contributed by atoms with Crippen molar-refractivity contribution in [3.05, 3.63) is 46.3 Å². The average molecular weight is 368 g/mol.